The molecule has 1 unspecified atom stereocenters. The van der Waals surface area contributed by atoms with Crippen LogP contribution in [0.5, 0.6) is 0 Å². The van der Waals surface area contributed by atoms with Gasteiger partial charge in [0.25, 0.3) is 0 Å². The highest BCUT2D eigenvalue weighted by Crippen LogP contribution is 2.09. The molecule has 1 atom stereocenters. The molecular weight excluding hydrogens is 176 g/mol. The van der Waals surface area contributed by atoms with E-state index in [4.69, 9.17) is 5.11 Å². The highest BCUT2D eigenvalue weighted by atomic mass is 16.3. The Morgan fingerprint density at radius 2 is 1.86 bits per heavy atom. The average Bonchev–Trinajstić information content (AvgIpc) is 2.19. The molecule has 0 aliphatic heterocycles. The first-order valence-corrected chi connectivity index (χ1v) is 5.75. The molecule has 0 rings (SSSR count). The number of unbranched alkanes of at least 4 members (excludes halogenated alkanes) is 3. The third-order valence-electron chi connectivity index (χ3n) is 2.33. The van der Waals surface area contributed by atoms with Gasteiger partial charge < -0.3 is 10.2 Å². The molecule has 0 amide bonds. The van der Waals surface area contributed by atoms with Crippen molar-refractivity contribution in [2.24, 2.45) is 0 Å². The number of aliphatic hydroxyl groups excluding tert-OH is 2. The van der Waals surface area contributed by atoms with E-state index >= 15 is 0 Å². The van der Waals surface area contributed by atoms with Crippen molar-refractivity contribution in [3.63, 3.8) is 0 Å². The fourth-order valence-electron chi connectivity index (χ4n) is 1.43. The normalized spacial score (nSPS) is 13.6. The monoisotopic (exact) mass is 200 g/mol. The Morgan fingerprint density at radius 1 is 1.07 bits per heavy atom. The van der Waals surface area contributed by atoms with Crippen LogP contribution in [-0.4, -0.2) is 22.9 Å². The average molecular weight is 200 g/mol. The second kappa shape index (κ2) is 10.7. The maximum absolute atomic E-state index is 9.55. The summed E-state index contributed by atoms with van der Waals surface area (Å²) in [5.41, 5.74) is 0. The molecule has 0 aliphatic rings. The van der Waals surface area contributed by atoms with Gasteiger partial charge in [-0.2, -0.15) is 0 Å². The van der Waals surface area contributed by atoms with Gasteiger partial charge >= 0.3 is 0 Å². The van der Waals surface area contributed by atoms with Crippen LogP contribution in [-0.2, 0) is 0 Å². The fourth-order valence-corrected chi connectivity index (χ4v) is 1.43. The molecule has 2 N–H and O–H groups in total. The molecule has 0 heterocycles. The third kappa shape index (κ3) is 9.75. The molecule has 0 fully saturated rings. The van der Waals surface area contributed by atoms with Crippen LogP contribution in [0.2, 0.25) is 0 Å². The van der Waals surface area contributed by atoms with Crippen molar-refractivity contribution in [3.8, 4) is 0 Å². The molecule has 0 aromatic rings. The Bertz CT molecular complexity index is 132. The van der Waals surface area contributed by atoms with Crippen molar-refractivity contribution >= 4 is 0 Å². The second-order valence-corrected chi connectivity index (χ2v) is 3.73. The van der Waals surface area contributed by atoms with Gasteiger partial charge in [0.1, 0.15) is 0 Å². The number of rotatable bonds is 9. The van der Waals surface area contributed by atoms with Gasteiger partial charge in [0, 0.05) is 0 Å². The highest BCUT2D eigenvalue weighted by molar-refractivity contribution is 4.81. The molecule has 0 saturated heterocycles. The van der Waals surface area contributed by atoms with E-state index < -0.39 is 0 Å². The molecule has 0 aromatic carbocycles. The van der Waals surface area contributed by atoms with E-state index in [0.29, 0.717) is 0 Å². The standard InChI is InChI=1S/C12H24O2/c1-2-3-4-6-9-12(14)10-7-5-8-11-13/h5,8,12-14H,2-4,6-7,9-11H2,1H3/b8-5+. The van der Waals surface area contributed by atoms with Gasteiger partial charge in [-0.05, 0) is 19.3 Å². The first-order chi connectivity index (χ1) is 6.81. The molecular formula is C12H24O2. The smallest absolute Gasteiger partial charge is 0.0612 e. The molecule has 0 saturated carbocycles. The Balaban J connectivity index is 3.19. The SMILES string of the molecule is CCCCCCC(O)CC/C=C/CO. The van der Waals surface area contributed by atoms with Crippen molar-refractivity contribution in [1.29, 1.82) is 0 Å². The maximum atomic E-state index is 9.55. The van der Waals surface area contributed by atoms with Gasteiger partial charge in [0.15, 0.2) is 0 Å². The molecule has 0 aliphatic carbocycles. The number of hydrogen-bond donors (Lipinski definition) is 2. The fraction of sp³-hybridized carbons (Fsp3) is 0.833. The molecule has 2 nitrogen and oxygen atoms in total. The first-order valence-electron chi connectivity index (χ1n) is 5.75. The van der Waals surface area contributed by atoms with Crippen LogP contribution in [0.25, 0.3) is 0 Å². The zero-order chi connectivity index (χ0) is 10.6. The molecule has 0 radical (unpaired) electrons. The van der Waals surface area contributed by atoms with Crippen LogP contribution in [0.1, 0.15) is 51.9 Å². The Morgan fingerprint density at radius 3 is 2.50 bits per heavy atom. The van der Waals surface area contributed by atoms with Crippen molar-refractivity contribution in [2.45, 2.75) is 58.0 Å². The lowest BCUT2D eigenvalue weighted by atomic mass is 10.1. The second-order valence-electron chi connectivity index (χ2n) is 3.73. The van der Waals surface area contributed by atoms with Crippen molar-refractivity contribution in [1.82, 2.24) is 0 Å². The summed E-state index contributed by atoms with van der Waals surface area (Å²) in [7, 11) is 0. The highest BCUT2D eigenvalue weighted by Gasteiger charge is 2.01. The summed E-state index contributed by atoms with van der Waals surface area (Å²) in [5.74, 6) is 0. The molecule has 0 aromatic heterocycles. The predicted octanol–water partition coefficient (Wildman–Crippen LogP) is 2.65. The Kier molecular flexibility index (Phi) is 10.5. The molecule has 14 heavy (non-hydrogen) atoms. The predicted molar refractivity (Wildman–Crippen MR) is 60.2 cm³/mol. The van der Waals surface area contributed by atoms with Crippen LogP contribution in [0, 0.1) is 0 Å². The van der Waals surface area contributed by atoms with E-state index in [1.807, 2.05) is 6.08 Å². The van der Waals surface area contributed by atoms with E-state index in [9.17, 15) is 5.11 Å². The first kappa shape index (κ1) is 13.7. The third-order valence-corrected chi connectivity index (χ3v) is 2.33. The minimum atomic E-state index is -0.157. The van der Waals surface area contributed by atoms with Gasteiger partial charge in [0.2, 0.25) is 0 Å². The largest absolute Gasteiger partial charge is 0.393 e. The summed E-state index contributed by atoms with van der Waals surface area (Å²) in [6, 6.07) is 0. The van der Waals surface area contributed by atoms with E-state index in [-0.39, 0.29) is 12.7 Å². The van der Waals surface area contributed by atoms with Crippen molar-refractivity contribution in [2.75, 3.05) is 6.61 Å². The van der Waals surface area contributed by atoms with E-state index in [2.05, 4.69) is 6.92 Å². The summed E-state index contributed by atoms with van der Waals surface area (Å²) in [6.07, 6.45) is 11.0. The molecule has 0 bridgehead atoms. The number of allylic oxidation sites excluding steroid dienone is 1. The van der Waals surface area contributed by atoms with Crippen molar-refractivity contribution < 1.29 is 10.2 Å². The zero-order valence-corrected chi connectivity index (χ0v) is 9.28. The van der Waals surface area contributed by atoms with Crippen LogP contribution < -0.4 is 0 Å². The molecule has 2 heteroatoms. The summed E-state index contributed by atoms with van der Waals surface area (Å²) in [6.45, 7) is 2.29. The lowest BCUT2D eigenvalue weighted by Gasteiger charge is -2.08. The quantitative estimate of drug-likeness (QED) is 0.444. The maximum Gasteiger partial charge on any atom is 0.0612 e. The lowest BCUT2D eigenvalue weighted by Crippen LogP contribution is -2.05. The Labute approximate surface area is 87.7 Å². The van der Waals surface area contributed by atoms with Gasteiger partial charge in [-0.25, -0.2) is 0 Å². The minimum absolute atomic E-state index is 0.104. The van der Waals surface area contributed by atoms with E-state index in [1.165, 1.54) is 19.3 Å². The van der Waals surface area contributed by atoms with E-state index in [1.54, 1.807) is 6.08 Å². The summed E-state index contributed by atoms with van der Waals surface area (Å²) >= 11 is 0. The Hall–Kier alpha value is -0.340. The summed E-state index contributed by atoms with van der Waals surface area (Å²) in [5, 5.41) is 18.0. The van der Waals surface area contributed by atoms with Crippen LogP contribution in [0.15, 0.2) is 12.2 Å². The van der Waals surface area contributed by atoms with E-state index in [0.717, 1.165) is 25.7 Å². The topological polar surface area (TPSA) is 40.5 Å². The van der Waals surface area contributed by atoms with Gasteiger partial charge in [0.05, 0.1) is 12.7 Å². The van der Waals surface area contributed by atoms with Gasteiger partial charge in [-0.1, -0.05) is 44.8 Å². The molecule has 84 valence electrons. The van der Waals surface area contributed by atoms with Gasteiger partial charge in [-0.15, -0.1) is 0 Å². The van der Waals surface area contributed by atoms with Gasteiger partial charge in [-0.3, -0.25) is 0 Å². The van der Waals surface area contributed by atoms with Crippen LogP contribution >= 0.6 is 0 Å². The van der Waals surface area contributed by atoms with Crippen molar-refractivity contribution in [3.05, 3.63) is 12.2 Å². The summed E-state index contributed by atoms with van der Waals surface area (Å²) in [4.78, 5) is 0. The lowest BCUT2D eigenvalue weighted by molar-refractivity contribution is 0.152. The molecule has 0 spiro atoms. The zero-order valence-electron chi connectivity index (χ0n) is 9.28. The minimum Gasteiger partial charge on any atom is -0.393 e. The number of aliphatic hydroxyl groups is 2. The van der Waals surface area contributed by atoms with Crippen LogP contribution in [0.3, 0.4) is 0 Å². The number of hydrogen-bond acceptors (Lipinski definition) is 2. The summed E-state index contributed by atoms with van der Waals surface area (Å²) < 4.78 is 0. The van der Waals surface area contributed by atoms with Crippen LogP contribution in [0.4, 0.5) is 0 Å².